The third-order valence-corrected chi connectivity index (χ3v) is 5.12. The van der Waals surface area contributed by atoms with E-state index < -0.39 is 0 Å². The van der Waals surface area contributed by atoms with Crippen LogP contribution in [0.4, 0.5) is 5.69 Å². The predicted molar refractivity (Wildman–Crippen MR) is 95.6 cm³/mol. The topological polar surface area (TPSA) is 38.3 Å². The Kier molecular flexibility index (Phi) is 4.01. The van der Waals surface area contributed by atoms with Gasteiger partial charge < -0.3 is 10.1 Å². The van der Waals surface area contributed by atoms with Crippen LogP contribution in [-0.2, 0) is 11.2 Å². The molecule has 1 N–H and O–H groups in total. The molecule has 0 aromatic heterocycles. The summed E-state index contributed by atoms with van der Waals surface area (Å²) in [6.45, 7) is 2.06. The van der Waals surface area contributed by atoms with Crippen LogP contribution < -0.4 is 10.1 Å². The number of ether oxygens (including phenoxy) is 1. The second kappa shape index (κ2) is 6.31. The van der Waals surface area contributed by atoms with Crippen molar-refractivity contribution in [2.45, 2.75) is 51.0 Å². The number of nitrogens with one attached hydrogen (secondary N) is 1. The Balaban J connectivity index is 1.47. The van der Waals surface area contributed by atoms with Crippen LogP contribution in [0.3, 0.4) is 0 Å². The summed E-state index contributed by atoms with van der Waals surface area (Å²) in [4.78, 5) is 12.3. The minimum Gasteiger partial charge on any atom is -0.490 e. The minimum atomic E-state index is -0.0958. The smallest absolute Gasteiger partial charge is 0.232 e. The Morgan fingerprint density at radius 3 is 2.58 bits per heavy atom. The second-order valence-corrected chi connectivity index (χ2v) is 7.00. The molecule has 1 aliphatic heterocycles. The molecule has 0 saturated heterocycles. The molecule has 3 heteroatoms. The zero-order chi connectivity index (χ0) is 16.5. The lowest BCUT2D eigenvalue weighted by Crippen LogP contribution is -2.14. The van der Waals surface area contributed by atoms with Gasteiger partial charge in [-0.2, -0.15) is 0 Å². The number of anilines is 1. The molecule has 0 unspecified atom stereocenters. The average Bonchev–Trinajstić information content (AvgIpc) is 3.18. The minimum absolute atomic E-state index is 0.0958. The number of rotatable bonds is 4. The standard InChI is InChI=1S/C21H23NO2/c1-14-6-11-20-18(12-14)19(21(23)22-20)13-15-7-9-17(10-8-15)24-16-4-2-3-5-16/h6-12,16,19H,2-5,13H2,1H3,(H,22,23)/t19-/m1/s1. The first-order valence-corrected chi connectivity index (χ1v) is 8.86. The molecule has 1 aliphatic carbocycles. The normalized spacial score (nSPS) is 20.0. The number of benzene rings is 2. The largest absolute Gasteiger partial charge is 0.490 e. The SMILES string of the molecule is Cc1ccc2c(c1)[C@@H](Cc1ccc(OC3CCCC3)cc1)C(=O)N2. The summed E-state index contributed by atoms with van der Waals surface area (Å²) in [6.07, 6.45) is 5.99. The monoisotopic (exact) mass is 321 g/mol. The molecule has 0 radical (unpaired) electrons. The lowest BCUT2D eigenvalue weighted by atomic mass is 9.92. The van der Waals surface area contributed by atoms with E-state index in [-0.39, 0.29) is 11.8 Å². The molecule has 1 fully saturated rings. The molecule has 1 atom stereocenters. The fourth-order valence-corrected chi connectivity index (χ4v) is 3.79. The molecule has 1 amide bonds. The van der Waals surface area contributed by atoms with E-state index in [0.717, 1.165) is 23.4 Å². The van der Waals surface area contributed by atoms with Gasteiger partial charge in [-0.05, 0) is 68.4 Å². The number of carbonyl (C=O) groups excluding carboxylic acids is 1. The van der Waals surface area contributed by atoms with Gasteiger partial charge in [0.05, 0.1) is 12.0 Å². The first kappa shape index (κ1) is 15.3. The van der Waals surface area contributed by atoms with Crippen molar-refractivity contribution in [3.8, 4) is 5.75 Å². The van der Waals surface area contributed by atoms with E-state index in [9.17, 15) is 4.79 Å². The molecule has 4 rings (SSSR count). The number of fused-ring (bicyclic) bond motifs is 1. The molecule has 2 aromatic carbocycles. The van der Waals surface area contributed by atoms with Crippen molar-refractivity contribution < 1.29 is 9.53 Å². The lowest BCUT2D eigenvalue weighted by Gasteiger charge is -2.14. The molecule has 2 aliphatic rings. The van der Waals surface area contributed by atoms with E-state index in [1.54, 1.807) is 0 Å². The van der Waals surface area contributed by atoms with Gasteiger partial charge in [-0.25, -0.2) is 0 Å². The van der Waals surface area contributed by atoms with Gasteiger partial charge >= 0.3 is 0 Å². The van der Waals surface area contributed by atoms with Crippen LogP contribution in [0.15, 0.2) is 42.5 Å². The fraction of sp³-hybridized carbons (Fsp3) is 0.381. The van der Waals surface area contributed by atoms with Crippen molar-refractivity contribution in [2.24, 2.45) is 0 Å². The molecule has 3 nitrogen and oxygen atoms in total. The summed E-state index contributed by atoms with van der Waals surface area (Å²) in [5, 5.41) is 2.99. The van der Waals surface area contributed by atoms with Crippen molar-refractivity contribution in [3.05, 3.63) is 59.2 Å². The van der Waals surface area contributed by atoms with Crippen molar-refractivity contribution >= 4 is 11.6 Å². The molecule has 2 aromatic rings. The molecule has 0 bridgehead atoms. The van der Waals surface area contributed by atoms with Crippen molar-refractivity contribution in [3.63, 3.8) is 0 Å². The summed E-state index contributed by atoms with van der Waals surface area (Å²) in [6, 6.07) is 14.4. The van der Waals surface area contributed by atoms with E-state index in [1.165, 1.54) is 36.8 Å². The van der Waals surface area contributed by atoms with E-state index in [0.29, 0.717) is 6.10 Å². The number of aryl methyl sites for hydroxylation is 1. The van der Waals surface area contributed by atoms with Gasteiger partial charge in [0.25, 0.3) is 0 Å². The van der Waals surface area contributed by atoms with Crippen LogP contribution in [-0.4, -0.2) is 12.0 Å². The number of hydrogen-bond donors (Lipinski definition) is 1. The summed E-state index contributed by atoms with van der Waals surface area (Å²) in [7, 11) is 0. The van der Waals surface area contributed by atoms with Gasteiger partial charge in [-0.1, -0.05) is 29.8 Å². The first-order chi connectivity index (χ1) is 11.7. The zero-order valence-corrected chi connectivity index (χ0v) is 14.0. The highest BCUT2D eigenvalue weighted by atomic mass is 16.5. The second-order valence-electron chi connectivity index (χ2n) is 7.00. The summed E-state index contributed by atoms with van der Waals surface area (Å²) in [5.74, 6) is 0.946. The summed E-state index contributed by atoms with van der Waals surface area (Å²) < 4.78 is 6.01. The van der Waals surface area contributed by atoms with Gasteiger partial charge in [0.15, 0.2) is 0 Å². The maximum atomic E-state index is 12.3. The van der Waals surface area contributed by atoms with Gasteiger partial charge in [0, 0.05) is 5.69 Å². The molecule has 1 saturated carbocycles. The Labute approximate surface area is 143 Å². The number of amides is 1. The molecular weight excluding hydrogens is 298 g/mol. The van der Waals surface area contributed by atoms with Crippen LogP contribution in [0.2, 0.25) is 0 Å². The van der Waals surface area contributed by atoms with Gasteiger partial charge in [-0.15, -0.1) is 0 Å². The quantitative estimate of drug-likeness (QED) is 0.894. The van der Waals surface area contributed by atoms with Crippen LogP contribution in [0.1, 0.15) is 48.3 Å². The number of carbonyl (C=O) groups is 1. The highest BCUT2D eigenvalue weighted by Crippen LogP contribution is 2.35. The summed E-state index contributed by atoms with van der Waals surface area (Å²) in [5.41, 5.74) is 4.43. The fourth-order valence-electron chi connectivity index (χ4n) is 3.79. The van der Waals surface area contributed by atoms with E-state index in [2.05, 4.69) is 30.4 Å². The van der Waals surface area contributed by atoms with E-state index in [1.807, 2.05) is 24.3 Å². The van der Waals surface area contributed by atoms with Crippen LogP contribution in [0.25, 0.3) is 0 Å². The maximum absolute atomic E-state index is 12.3. The van der Waals surface area contributed by atoms with Gasteiger partial charge in [0.2, 0.25) is 5.91 Å². The highest BCUT2D eigenvalue weighted by Gasteiger charge is 2.30. The zero-order valence-electron chi connectivity index (χ0n) is 14.0. The predicted octanol–water partition coefficient (Wildman–Crippen LogP) is 4.59. The average molecular weight is 321 g/mol. The van der Waals surface area contributed by atoms with Crippen LogP contribution in [0, 0.1) is 6.92 Å². The van der Waals surface area contributed by atoms with E-state index >= 15 is 0 Å². The lowest BCUT2D eigenvalue weighted by molar-refractivity contribution is -0.117. The van der Waals surface area contributed by atoms with Gasteiger partial charge in [0.1, 0.15) is 5.75 Å². The molecule has 124 valence electrons. The third-order valence-electron chi connectivity index (χ3n) is 5.12. The maximum Gasteiger partial charge on any atom is 0.232 e. The van der Waals surface area contributed by atoms with Crippen molar-refractivity contribution in [1.29, 1.82) is 0 Å². The number of hydrogen-bond acceptors (Lipinski definition) is 2. The van der Waals surface area contributed by atoms with Gasteiger partial charge in [-0.3, -0.25) is 4.79 Å². The van der Waals surface area contributed by atoms with Crippen LogP contribution >= 0.6 is 0 Å². The first-order valence-electron chi connectivity index (χ1n) is 8.86. The van der Waals surface area contributed by atoms with Crippen molar-refractivity contribution in [1.82, 2.24) is 0 Å². The van der Waals surface area contributed by atoms with Crippen LogP contribution in [0.5, 0.6) is 5.75 Å². The van der Waals surface area contributed by atoms with E-state index in [4.69, 9.17) is 4.74 Å². The third kappa shape index (κ3) is 3.03. The Bertz CT molecular complexity index is 745. The Hall–Kier alpha value is -2.29. The summed E-state index contributed by atoms with van der Waals surface area (Å²) >= 11 is 0. The molecule has 1 heterocycles. The molecule has 0 spiro atoms. The highest BCUT2D eigenvalue weighted by molar-refractivity contribution is 6.03. The Morgan fingerprint density at radius 2 is 1.83 bits per heavy atom. The molecular formula is C21H23NO2. The molecule has 24 heavy (non-hydrogen) atoms. The Morgan fingerprint density at radius 1 is 1.08 bits per heavy atom. The van der Waals surface area contributed by atoms with Crippen molar-refractivity contribution in [2.75, 3.05) is 5.32 Å².